The molecule has 0 aliphatic carbocycles. The average molecular weight is 468 g/mol. The number of rotatable bonds is 4. The number of nitrogens with zero attached hydrogens (tertiary/aromatic N) is 4. The first kappa shape index (κ1) is 21.9. The molecule has 7 nitrogen and oxygen atoms in total. The van der Waals surface area contributed by atoms with E-state index in [1.165, 1.54) is 0 Å². The van der Waals surface area contributed by atoms with E-state index < -0.39 is 5.91 Å². The predicted octanol–water partition coefficient (Wildman–Crippen LogP) is 4.40. The number of halogens is 2. The maximum atomic E-state index is 13.0. The zero-order valence-corrected chi connectivity index (χ0v) is 18.7. The van der Waals surface area contributed by atoms with Gasteiger partial charge in [0, 0.05) is 12.1 Å². The van der Waals surface area contributed by atoms with E-state index in [2.05, 4.69) is 9.94 Å². The molecule has 1 aromatic heterocycles. The summed E-state index contributed by atoms with van der Waals surface area (Å²) in [4.78, 5) is 30.4. The molecule has 1 aliphatic rings. The Labute approximate surface area is 195 Å². The zero-order chi connectivity index (χ0) is 23.0. The fourth-order valence-electron chi connectivity index (χ4n) is 3.87. The van der Waals surface area contributed by atoms with Gasteiger partial charge in [-0.05, 0) is 30.2 Å². The first-order chi connectivity index (χ1) is 15.3. The van der Waals surface area contributed by atoms with Crippen LogP contribution in [0.3, 0.4) is 0 Å². The zero-order valence-electron chi connectivity index (χ0n) is 17.2. The molecule has 0 bridgehead atoms. The Morgan fingerprint density at radius 2 is 1.94 bits per heavy atom. The second kappa shape index (κ2) is 8.65. The highest BCUT2D eigenvalue weighted by molar-refractivity contribution is 6.42. The van der Waals surface area contributed by atoms with Gasteiger partial charge in [-0.2, -0.15) is 5.10 Å². The van der Waals surface area contributed by atoms with Crippen molar-refractivity contribution < 1.29 is 9.59 Å². The fraction of sp³-hybridized carbons (Fsp3) is 0.217. The van der Waals surface area contributed by atoms with Crippen molar-refractivity contribution in [2.75, 3.05) is 6.54 Å². The number of benzene rings is 2. The minimum atomic E-state index is -0.619. The van der Waals surface area contributed by atoms with Gasteiger partial charge >= 0.3 is 0 Å². The number of aryl methyl sites for hydroxylation is 1. The third-order valence-corrected chi connectivity index (χ3v) is 6.25. The molecule has 0 fully saturated rings. The van der Waals surface area contributed by atoms with E-state index in [4.69, 9.17) is 35.5 Å². The van der Waals surface area contributed by atoms with Crippen LogP contribution in [-0.4, -0.2) is 33.0 Å². The van der Waals surface area contributed by atoms with Crippen LogP contribution >= 0.6 is 23.2 Å². The number of aromatic nitrogens is 2. The van der Waals surface area contributed by atoms with Crippen molar-refractivity contribution in [1.82, 2.24) is 14.7 Å². The van der Waals surface area contributed by atoms with Crippen LogP contribution in [0, 0.1) is 13.5 Å². The molecule has 0 saturated carbocycles. The third kappa shape index (κ3) is 4.07. The summed E-state index contributed by atoms with van der Waals surface area (Å²) in [6, 6.07) is 10.4. The molecule has 1 aliphatic heterocycles. The second-order valence-corrected chi connectivity index (χ2v) is 8.43. The second-order valence-electron chi connectivity index (χ2n) is 7.61. The van der Waals surface area contributed by atoms with E-state index in [0.717, 1.165) is 11.1 Å². The van der Waals surface area contributed by atoms with E-state index in [0.29, 0.717) is 45.8 Å². The highest BCUT2D eigenvalue weighted by Crippen LogP contribution is 2.32. The highest BCUT2D eigenvalue weighted by atomic mass is 35.5. The monoisotopic (exact) mass is 467 g/mol. The first-order valence-electron chi connectivity index (χ1n) is 9.88. The van der Waals surface area contributed by atoms with Crippen molar-refractivity contribution in [1.29, 1.82) is 0 Å². The van der Waals surface area contributed by atoms with Crippen LogP contribution in [-0.2, 0) is 24.3 Å². The van der Waals surface area contributed by atoms with Crippen LogP contribution in [0.15, 0.2) is 36.4 Å². The topological polar surface area (TPSA) is 85.6 Å². The van der Waals surface area contributed by atoms with Gasteiger partial charge in [0.15, 0.2) is 5.69 Å². The number of hydrogen-bond acceptors (Lipinski definition) is 3. The van der Waals surface area contributed by atoms with Gasteiger partial charge in [-0.25, -0.2) is 4.85 Å². The highest BCUT2D eigenvalue weighted by Gasteiger charge is 2.29. The number of nitrogens with two attached hydrogens (primary N) is 1. The number of amides is 2. The minimum Gasteiger partial charge on any atom is -0.365 e. The largest absolute Gasteiger partial charge is 0.365 e. The molecule has 2 amide bonds. The molecule has 0 atom stereocenters. The Hall–Kier alpha value is -3.34. The molecule has 2 heterocycles. The summed E-state index contributed by atoms with van der Waals surface area (Å²) < 4.78 is 1.72. The van der Waals surface area contributed by atoms with Crippen molar-refractivity contribution in [2.24, 2.45) is 5.73 Å². The summed E-state index contributed by atoms with van der Waals surface area (Å²) in [5.74, 6) is -0.689. The summed E-state index contributed by atoms with van der Waals surface area (Å²) in [5.41, 5.74) is 9.87. The minimum absolute atomic E-state index is 0.0704. The van der Waals surface area contributed by atoms with E-state index >= 15 is 0 Å². The maximum Gasteiger partial charge on any atom is 0.252 e. The number of hydrogen-bond donors (Lipinski definition) is 1. The van der Waals surface area contributed by atoms with E-state index in [-0.39, 0.29) is 24.4 Å². The molecule has 4 rings (SSSR count). The number of carbonyl (C=O) groups is 2. The average Bonchev–Trinajstić information content (AvgIpc) is 3.14. The summed E-state index contributed by atoms with van der Waals surface area (Å²) in [6.45, 7) is 10.1. The van der Waals surface area contributed by atoms with Crippen molar-refractivity contribution in [3.8, 4) is 11.3 Å². The molecule has 9 heteroatoms. The van der Waals surface area contributed by atoms with Gasteiger partial charge in [-0.15, -0.1) is 0 Å². The predicted molar refractivity (Wildman–Crippen MR) is 123 cm³/mol. The Kier molecular flexibility index (Phi) is 5.92. The Morgan fingerprint density at radius 1 is 1.16 bits per heavy atom. The Morgan fingerprint density at radius 3 is 2.59 bits per heavy atom. The lowest BCUT2D eigenvalue weighted by Gasteiger charge is -2.28. The molecule has 2 N–H and O–H groups in total. The third-order valence-electron chi connectivity index (χ3n) is 5.51. The first-order valence-corrected chi connectivity index (χ1v) is 10.6. The standard InChI is InChI=1S/C23H19Cl2N5O2/c1-13-9-14(3-6-18(13)27-2)10-20(31)29-7-8-30-19(12-29)21(23(26)32)22(28-30)15-4-5-16(24)17(25)11-15/h3-6,9,11H,7-8,10,12H2,1H3,(H2,26,32). The van der Waals surface area contributed by atoms with Crippen molar-refractivity contribution in [2.45, 2.75) is 26.4 Å². The molecule has 32 heavy (non-hydrogen) atoms. The molecule has 0 saturated heterocycles. The van der Waals surface area contributed by atoms with E-state index in [9.17, 15) is 9.59 Å². The summed E-state index contributed by atoms with van der Waals surface area (Å²) >= 11 is 12.2. The summed E-state index contributed by atoms with van der Waals surface area (Å²) in [6.07, 6.45) is 0.207. The van der Waals surface area contributed by atoms with E-state index in [1.807, 2.05) is 13.0 Å². The molecular weight excluding hydrogens is 449 g/mol. The van der Waals surface area contributed by atoms with Gasteiger partial charge in [0.2, 0.25) is 5.91 Å². The Balaban J connectivity index is 1.61. The number of primary amides is 1. The van der Waals surface area contributed by atoms with Gasteiger partial charge in [0.05, 0.1) is 47.4 Å². The fourth-order valence-corrected chi connectivity index (χ4v) is 4.17. The van der Waals surface area contributed by atoms with Crippen molar-refractivity contribution >= 4 is 40.7 Å². The lowest BCUT2D eigenvalue weighted by molar-refractivity contribution is -0.132. The van der Waals surface area contributed by atoms with Crippen molar-refractivity contribution in [3.63, 3.8) is 0 Å². The van der Waals surface area contributed by atoms with Crippen LogP contribution in [0.4, 0.5) is 5.69 Å². The van der Waals surface area contributed by atoms with Crippen LogP contribution < -0.4 is 5.73 Å². The normalized spacial score (nSPS) is 12.9. The van der Waals surface area contributed by atoms with Gasteiger partial charge in [-0.1, -0.05) is 47.5 Å². The Bertz CT molecular complexity index is 1290. The van der Waals surface area contributed by atoms with Gasteiger partial charge in [0.25, 0.3) is 5.91 Å². The quantitative estimate of drug-likeness (QED) is 0.576. The van der Waals surface area contributed by atoms with Crippen LogP contribution in [0.1, 0.15) is 27.2 Å². The number of fused-ring (bicyclic) bond motifs is 1. The smallest absolute Gasteiger partial charge is 0.252 e. The van der Waals surface area contributed by atoms with Crippen LogP contribution in [0.2, 0.25) is 10.0 Å². The van der Waals surface area contributed by atoms with E-state index in [1.54, 1.807) is 39.9 Å². The maximum absolute atomic E-state index is 13.0. The van der Waals surface area contributed by atoms with Gasteiger partial charge in [-0.3, -0.25) is 14.3 Å². The van der Waals surface area contributed by atoms with Crippen molar-refractivity contribution in [3.05, 3.63) is 80.2 Å². The van der Waals surface area contributed by atoms with Gasteiger partial charge in [0.1, 0.15) is 5.69 Å². The molecule has 3 aromatic rings. The molecule has 0 unspecified atom stereocenters. The summed E-state index contributed by atoms with van der Waals surface area (Å²) in [5, 5.41) is 5.32. The van der Waals surface area contributed by atoms with Crippen LogP contribution in [0.25, 0.3) is 16.1 Å². The lowest BCUT2D eigenvalue weighted by Crippen LogP contribution is -2.40. The number of carbonyl (C=O) groups excluding carboxylic acids is 2. The molecule has 0 radical (unpaired) electrons. The van der Waals surface area contributed by atoms with Crippen LogP contribution in [0.5, 0.6) is 0 Å². The SMILES string of the molecule is [C-]#[N+]c1ccc(CC(=O)N2CCn3nc(-c4ccc(Cl)c(Cl)c4)c(C(N)=O)c3C2)cc1C. The van der Waals surface area contributed by atoms with Gasteiger partial charge < -0.3 is 10.6 Å². The molecule has 162 valence electrons. The molecule has 0 spiro atoms. The summed E-state index contributed by atoms with van der Waals surface area (Å²) in [7, 11) is 0. The lowest BCUT2D eigenvalue weighted by atomic mass is 10.0. The molecular formula is C23H19Cl2N5O2. The molecule has 2 aromatic carbocycles.